The highest BCUT2D eigenvalue weighted by atomic mass is 16.5. The fraction of sp³-hybridized carbons (Fsp3) is 0.833. The third-order valence-electron chi connectivity index (χ3n) is 3.76. The average Bonchev–Trinajstić information content (AvgIpc) is 2.91. The van der Waals surface area contributed by atoms with E-state index in [0.29, 0.717) is 25.1 Å². The summed E-state index contributed by atoms with van der Waals surface area (Å²) in [6.45, 7) is 3.20. The molecule has 2 aliphatic heterocycles. The molecule has 2 aliphatic rings. The summed E-state index contributed by atoms with van der Waals surface area (Å²) < 4.78 is 10.7. The van der Waals surface area contributed by atoms with Crippen molar-refractivity contribution >= 4 is 5.95 Å². The van der Waals surface area contributed by atoms with Crippen LogP contribution in [0, 0.1) is 0 Å². The number of nitrogens with two attached hydrogens (primary N) is 1. The highest BCUT2D eigenvalue weighted by Crippen LogP contribution is 2.25. The molecule has 0 saturated carbocycles. The van der Waals surface area contributed by atoms with Crippen molar-refractivity contribution in [3.05, 3.63) is 5.89 Å². The predicted molar refractivity (Wildman–Crippen MR) is 66.5 cm³/mol. The maximum atomic E-state index is 5.96. The Hall–Kier alpha value is -1.14. The second-order valence-electron chi connectivity index (χ2n) is 5.14. The van der Waals surface area contributed by atoms with Crippen LogP contribution in [0.4, 0.5) is 5.95 Å². The smallest absolute Gasteiger partial charge is 0.266 e. The van der Waals surface area contributed by atoms with Crippen molar-refractivity contribution in [1.29, 1.82) is 0 Å². The van der Waals surface area contributed by atoms with E-state index < -0.39 is 0 Å². The second-order valence-corrected chi connectivity index (χ2v) is 5.14. The monoisotopic (exact) mass is 252 g/mol. The van der Waals surface area contributed by atoms with Gasteiger partial charge in [-0.3, -0.25) is 0 Å². The molecule has 100 valence electrons. The Morgan fingerprint density at radius 2 is 1.89 bits per heavy atom. The number of aromatic nitrogens is 2. The van der Waals surface area contributed by atoms with Crippen LogP contribution in [0.15, 0.2) is 4.52 Å². The van der Waals surface area contributed by atoms with Crippen LogP contribution in [0.3, 0.4) is 0 Å². The fourth-order valence-electron chi connectivity index (χ4n) is 2.60. The number of hydrogen-bond acceptors (Lipinski definition) is 6. The van der Waals surface area contributed by atoms with Crippen LogP contribution in [0.1, 0.15) is 37.5 Å². The summed E-state index contributed by atoms with van der Waals surface area (Å²) in [5.41, 5.74) is 5.96. The van der Waals surface area contributed by atoms with Gasteiger partial charge < -0.3 is 19.9 Å². The van der Waals surface area contributed by atoms with Gasteiger partial charge in [-0.2, -0.15) is 4.98 Å². The molecule has 2 unspecified atom stereocenters. The van der Waals surface area contributed by atoms with Gasteiger partial charge in [0.2, 0.25) is 5.89 Å². The van der Waals surface area contributed by atoms with Crippen molar-refractivity contribution < 1.29 is 9.26 Å². The van der Waals surface area contributed by atoms with E-state index in [4.69, 9.17) is 15.0 Å². The predicted octanol–water partition coefficient (Wildman–Crippen LogP) is 0.891. The Morgan fingerprint density at radius 1 is 1.11 bits per heavy atom. The number of rotatable bonds is 2. The molecule has 0 aromatic carbocycles. The number of hydrogen-bond donors (Lipinski definition) is 1. The van der Waals surface area contributed by atoms with Crippen molar-refractivity contribution in [2.45, 2.75) is 37.6 Å². The van der Waals surface area contributed by atoms with Crippen molar-refractivity contribution in [2.75, 3.05) is 31.2 Å². The molecule has 6 nitrogen and oxygen atoms in total. The Balaban J connectivity index is 1.72. The lowest BCUT2D eigenvalue weighted by Crippen LogP contribution is -2.27. The zero-order valence-corrected chi connectivity index (χ0v) is 10.5. The maximum absolute atomic E-state index is 5.96. The van der Waals surface area contributed by atoms with Crippen LogP contribution in [0.2, 0.25) is 0 Å². The van der Waals surface area contributed by atoms with Crippen LogP contribution in [-0.4, -0.2) is 42.5 Å². The standard InChI is InChI=1S/C12H20N4O2/c13-10-8-17-7-9(10)11-14-12(15-18-11)16-5-3-1-2-4-6-16/h9-10H,1-8,13H2. The summed E-state index contributed by atoms with van der Waals surface area (Å²) in [6, 6.07) is -0.0255. The minimum absolute atomic E-state index is 0.0255. The molecule has 2 fully saturated rings. The normalized spacial score (nSPS) is 29.5. The summed E-state index contributed by atoms with van der Waals surface area (Å²) in [4.78, 5) is 6.71. The minimum Gasteiger partial charge on any atom is -0.379 e. The van der Waals surface area contributed by atoms with Gasteiger partial charge in [0.25, 0.3) is 5.95 Å². The zero-order valence-electron chi connectivity index (χ0n) is 10.5. The molecule has 2 atom stereocenters. The Labute approximate surface area is 106 Å². The van der Waals surface area contributed by atoms with E-state index in [9.17, 15) is 0 Å². The van der Waals surface area contributed by atoms with Gasteiger partial charge in [-0.05, 0) is 18.0 Å². The highest BCUT2D eigenvalue weighted by Gasteiger charge is 2.32. The van der Waals surface area contributed by atoms with Gasteiger partial charge in [0.15, 0.2) is 0 Å². The van der Waals surface area contributed by atoms with E-state index in [1.54, 1.807) is 0 Å². The molecule has 2 saturated heterocycles. The van der Waals surface area contributed by atoms with E-state index in [0.717, 1.165) is 13.1 Å². The molecule has 0 bridgehead atoms. The summed E-state index contributed by atoms with van der Waals surface area (Å²) in [7, 11) is 0. The first-order valence-corrected chi connectivity index (χ1v) is 6.76. The Bertz CT molecular complexity index is 387. The number of ether oxygens (including phenoxy) is 1. The summed E-state index contributed by atoms with van der Waals surface area (Å²) >= 11 is 0. The summed E-state index contributed by atoms with van der Waals surface area (Å²) in [5, 5.41) is 4.09. The molecule has 0 radical (unpaired) electrons. The van der Waals surface area contributed by atoms with E-state index >= 15 is 0 Å². The lowest BCUT2D eigenvalue weighted by atomic mass is 10.1. The van der Waals surface area contributed by atoms with E-state index in [-0.39, 0.29) is 12.0 Å². The van der Waals surface area contributed by atoms with Crippen LogP contribution < -0.4 is 10.6 Å². The molecule has 1 aromatic heterocycles. The van der Waals surface area contributed by atoms with Gasteiger partial charge in [-0.15, -0.1) is 0 Å². The molecule has 2 N–H and O–H groups in total. The molecular formula is C12H20N4O2. The van der Waals surface area contributed by atoms with Gasteiger partial charge in [0, 0.05) is 19.1 Å². The van der Waals surface area contributed by atoms with Crippen LogP contribution in [0.25, 0.3) is 0 Å². The topological polar surface area (TPSA) is 77.4 Å². The first kappa shape index (κ1) is 11.9. The van der Waals surface area contributed by atoms with Crippen molar-refractivity contribution in [3.8, 4) is 0 Å². The minimum atomic E-state index is -0.0255. The molecule has 18 heavy (non-hydrogen) atoms. The summed E-state index contributed by atoms with van der Waals surface area (Å²) in [6.07, 6.45) is 5.00. The SMILES string of the molecule is NC1COCC1c1nc(N2CCCCCC2)no1. The third-order valence-corrected chi connectivity index (χ3v) is 3.76. The highest BCUT2D eigenvalue weighted by molar-refractivity contribution is 5.28. The molecule has 1 aromatic rings. The molecule has 0 amide bonds. The van der Waals surface area contributed by atoms with Crippen molar-refractivity contribution in [2.24, 2.45) is 5.73 Å². The van der Waals surface area contributed by atoms with E-state index in [2.05, 4.69) is 15.0 Å². The quantitative estimate of drug-likeness (QED) is 0.842. The second kappa shape index (κ2) is 5.24. The van der Waals surface area contributed by atoms with Gasteiger partial charge in [0.05, 0.1) is 19.1 Å². The van der Waals surface area contributed by atoms with Crippen LogP contribution >= 0.6 is 0 Å². The fourth-order valence-corrected chi connectivity index (χ4v) is 2.60. The molecular weight excluding hydrogens is 232 g/mol. The van der Waals surface area contributed by atoms with Crippen molar-refractivity contribution in [1.82, 2.24) is 10.1 Å². The average molecular weight is 252 g/mol. The molecule has 3 heterocycles. The first-order valence-electron chi connectivity index (χ1n) is 6.76. The van der Waals surface area contributed by atoms with Gasteiger partial charge >= 0.3 is 0 Å². The Kier molecular flexibility index (Phi) is 3.47. The van der Waals surface area contributed by atoms with Crippen LogP contribution in [-0.2, 0) is 4.74 Å². The summed E-state index contributed by atoms with van der Waals surface area (Å²) in [5.74, 6) is 1.39. The molecule has 6 heteroatoms. The van der Waals surface area contributed by atoms with Crippen LogP contribution in [0.5, 0.6) is 0 Å². The van der Waals surface area contributed by atoms with Gasteiger partial charge in [-0.25, -0.2) is 0 Å². The lowest BCUT2D eigenvalue weighted by Gasteiger charge is -2.16. The van der Waals surface area contributed by atoms with Gasteiger partial charge in [-0.1, -0.05) is 12.8 Å². The first-order chi connectivity index (χ1) is 8.84. The van der Waals surface area contributed by atoms with Crippen molar-refractivity contribution in [3.63, 3.8) is 0 Å². The number of nitrogens with zero attached hydrogens (tertiary/aromatic N) is 3. The zero-order chi connectivity index (χ0) is 12.4. The lowest BCUT2D eigenvalue weighted by molar-refractivity contribution is 0.187. The molecule has 3 rings (SSSR count). The molecule has 0 aliphatic carbocycles. The number of anilines is 1. The van der Waals surface area contributed by atoms with E-state index in [1.165, 1.54) is 25.7 Å². The maximum Gasteiger partial charge on any atom is 0.266 e. The van der Waals surface area contributed by atoms with Gasteiger partial charge in [0.1, 0.15) is 0 Å². The Morgan fingerprint density at radius 3 is 2.56 bits per heavy atom. The van der Waals surface area contributed by atoms with E-state index in [1.807, 2.05) is 0 Å². The molecule has 0 spiro atoms. The third kappa shape index (κ3) is 2.35. The largest absolute Gasteiger partial charge is 0.379 e.